The minimum atomic E-state index is 0.0124. The molecule has 1 aliphatic rings. The molecule has 0 atom stereocenters. The van der Waals surface area contributed by atoms with Crippen molar-refractivity contribution in [1.82, 2.24) is 9.47 Å². The Bertz CT molecular complexity index is 615. The van der Waals surface area contributed by atoms with Gasteiger partial charge in [-0.3, -0.25) is 4.79 Å². The van der Waals surface area contributed by atoms with Gasteiger partial charge in [-0.15, -0.1) is 0 Å². The van der Waals surface area contributed by atoms with Crippen LogP contribution in [-0.4, -0.2) is 46.8 Å². The molecule has 106 valence electrons. The molecule has 3 rings (SSSR count). The molecule has 0 aliphatic carbocycles. The van der Waals surface area contributed by atoms with Crippen molar-refractivity contribution in [2.75, 3.05) is 26.3 Å². The van der Waals surface area contributed by atoms with E-state index in [-0.39, 0.29) is 12.5 Å². The molecule has 0 saturated carbocycles. The maximum Gasteiger partial charge on any atom is 0.242 e. The minimum Gasteiger partial charge on any atom is -0.392 e. The predicted octanol–water partition coefficient (Wildman–Crippen LogP) is 0.992. The number of benzene rings is 1. The lowest BCUT2D eigenvalue weighted by Gasteiger charge is -2.27. The molecule has 1 aliphatic heterocycles. The quantitative estimate of drug-likeness (QED) is 0.908. The van der Waals surface area contributed by atoms with Crippen LogP contribution in [0.5, 0.6) is 0 Å². The van der Waals surface area contributed by atoms with Gasteiger partial charge in [0.2, 0.25) is 5.91 Å². The Morgan fingerprint density at radius 3 is 2.80 bits per heavy atom. The first-order valence-corrected chi connectivity index (χ1v) is 6.82. The molecule has 0 radical (unpaired) electrons. The van der Waals surface area contributed by atoms with Crippen LogP contribution in [0.15, 0.2) is 30.5 Å². The summed E-state index contributed by atoms with van der Waals surface area (Å²) < 4.78 is 7.19. The molecule has 5 heteroatoms. The Kier molecular flexibility index (Phi) is 3.71. The zero-order chi connectivity index (χ0) is 13.9. The topological polar surface area (TPSA) is 54.7 Å². The molecule has 1 saturated heterocycles. The van der Waals surface area contributed by atoms with E-state index in [9.17, 15) is 9.90 Å². The van der Waals surface area contributed by atoms with Gasteiger partial charge < -0.3 is 19.3 Å². The van der Waals surface area contributed by atoms with Crippen molar-refractivity contribution in [2.24, 2.45) is 0 Å². The van der Waals surface area contributed by atoms with E-state index in [0.29, 0.717) is 32.8 Å². The van der Waals surface area contributed by atoms with E-state index in [0.717, 1.165) is 16.5 Å². The number of morpholine rings is 1. The van der Waals surface area contributed by atoms with Gasteiger partial charge in [-0.05, 0) is 23.1 Å². The zero-order valence-electron chi connectivity index (χ0n) is 11.3. The maximum absolute atomic E-state index is 12.3. The number of rotatable bonds is 3. The van der Waals surface area contributed by atoms with Crippen molar-refractivity contribution >= 4 is 16.8 Å². The molecule has 1 amide bonds. The summed E-state index contributed by atoms with van der Waals surface area (Å²) in [6.07, 6.45) is 1.92. The van der Waals surface area contributed by atoms with Crippen molar-refractivity contribution in [3.05, 3.63) is 36.0 Å². The third kappa shape index (κ3) is 2.55. The highest BCUT2D eigenvalue weighted by Gasteiger charge is 2.17. The second kappa shape index (κ2) is 5.64. The van der Waals surface area contributed by atoms with Crippen LogP contribution < -0.4 is 0 Å². The number of aliphatic hydroxyl groups excluding tert-OH is 1. The molecule has 1 fully saturated rings. The number of hydrogen-bond donors (Lipinski definition) is 1. The summed E-state index contributed by atoms with van der Waals surface area (Å²) in [5.41, 5.74) is 1.84. The van der Waals surface area contributed by atoms with E-state index in [1.165, 1.54) is 0 Å². The number of fused-ring (bicyclic) bond motifs is 1. The van der Waals surface area contributed by atoms with E-state index in [1.54, 1.807) is 0 Å². The second-order valence-corrected chi connectivity index (χ2v) is 4.99. The van der Waals surface area contributed by atoms with Crippen LogP contribution in [-0.2, 0) is 22.7 Å². The highest BCUT2D eigenvalue weighted by molar-refractivity contribution is 5.84. The highest BCUT2D eigenvalue weighted by atomic mass is 16.5. The minimum absolute atomic E-state index is 0.0124. The van der Waals surface area contributed by atoms with Crippen LogP contribution in [0.1, 0.15) is 5.56 Å². The molecular formula is C15H18N2O3. The molecule has 5 nitrogen and oxygen atoms in total. The fourth-order valence-electron chi connectivity index (χ4n) is 2.52. The third-order valence-corrected chi connectivity index (χ3v) is 3.69. The summed E-state index contributed by atoms with van der Waals surface area (Å²) in [6.45, 7) is 2.91. The summed E-state index contributed by atoms with van der Waals surface area (Å²) >= 11 is 0. The molecule has 1 aromatic heterocycles. The number of aliphatic hydroxyl groups is 1. The van der Waals surface area contributed by atoms with Gasteiger partial charge >= 0.3 is 0 Å². The van der Waals surface area contributed by atoms with E-state index < -0.39 is 0 Å². The lowest BCUT2D eigenvalue weighted by Crippen LogP contribution is -2.42. The average molecular weight is 274 g/mol. The van der Waals surface area contributed by atoms with Gasteiger partial charge in [0.25, 0.3) is 0 Å². The standard InChI is InChI=1S/C15H18N2O3/c18-11-12-1-2-13-3-4-17(14(13)9-12)10-15(19)16-5-7-20-8-6-16/h1-4,9,18H,5-8,10-11H2. The molecular weight excluding hydrogens is 256 g/mol. The van der Waals surface area contributed by atoms with Gasteiger partial charge in [0, 0.05) is 24.8 Å². The monoisotopic (exact) mass is 274 g/mol. The molecule has 2 heterocycles. The average Bonchev–Trinajstić information content (AvgIpc) is 2.90. The predicted molar refractivity (Wildman–Crippen MR) is 75.3 cm³/mol. The normalized spacial score (nSPS) is 15.8. The smallest absolute Gasteiger partial charge is 0.242 e. The number of amides is 1. The van der Waals surface area contributed by atoms with Crippen molar-refractivity contribution in [3.8, 4) is 0 Å². The lowest BCUT2D eigenvalue weighted by atomic mass is 10.2. The summed E-state index contributed by atoms with van der Waals surface area (Å²) in [5, 5.41) is 10.3. The SMILES string of the molecule is O=C(Cn1ccc2ccc(CO)cc21)N1CCOCC1. The summed E-state index contributed by atoms with van der Waals surface area (Å²) in [5.74, 6) is 0.111. The van der Waals surface area contributed by atoms with Crippen molar-refractivity contribution < 1.29 is 14.6 Å². The van der Waals surface area contributed by atoms with Gasteiger partial charge in [0.05, 0.1) is 19.8 Å². The van der Waals surface area contributed by atoms with Gasteiger partial charge in [0.1, 0.15) is 6.54 Å². The molecule has 2 aromatic rings. The Balaban J connectivity index is 1.81. The van der Waals surface area contributed by atoms with E-state index in [2.05, 4.69) is 0 Å². The molecule has 20 heavy (non-hydrogen) atoms. The second-order valence-electron chi connectivity index (χ2n) is 4.99. The maximum atomic E-state index is 12.3. The van der Waals surface area contributed by atoms with Crippen LogP contribution in [0.25, 0.3) is 10.9 Å². The first-order chi connectivity index (χ1) is 9.78. The van der Waals surface area contributed by atoms with Crippen LogP contribution in [0.2, 0.25) is 0 Å². The largest absolute Gasteiger partial charge is 0.392 e. The fourth-order valence-corrected chi connectivity index (χ4v) is 2.52. The van der Waals surface area contributed by atoms with Gasteiger partial charge in [-0.25, -0.2) is 0 Å². The van der Waals surface area contributed by atoms with Gasteiger partial charge in [-0.1, -0.05) is 12.1 Å². The van der Waals surface area contributed by atoms with Crippen molar-refractivity contribution in [2.45, 2.75) is 13.2 Å². The molecule has 0 bridgehead atoms. The van der Waals surface area contributed by atoms with Crippen LogP contribution in [0.3, 0.4) is 0 Å². The summed E-state index contributed by atoms with van der Waals surface area (Å²) in [6, 6.07) is 7.79. The number of hydrogen-bond acceptors (Lipinski definition) is 3. The lowest BCUT2D eigenvalue weighted by molar-refractivity contribution is -0.135. The summed E-state index contributed by atoms with van der Waals surface area (Å²) in [4.78, 5) is 14.1. The Morgan fingerprint density at radius 1 is 1.25 bits per heavy atom. The summed E-state index contributed by atoms with van der Waals surface area (Å²) in [7, 11) is 0. The molecule has 0 unspecified atom stereocenters. The van der Waals surface area contributed by atoms with Crippen LogP contribution >= 0.6 is 0 Å². The molecule has 0 spiro atoms. The fraction of sp³-hybridized carbons (Fsp3) is 0.400. The molecule has 1 N–H and O–H groups in total. The Labute approximate surface area is 117 Å². The number of nitrogens with zero attached hydrogens (tertiary/aromatic N) is 2. The van der Waals surface area contributed by atoms with E-state index in [4.69, 9.17) is 4.74 Å². The third-order valence-electron chi connectivity index (χ3n) is 3.69. The number of carbonyl (C=O) groups is 1. The van der Waals surface area contributed by atoms with Crippen molar-refractivity contribution in [3.63, 3.8) is 0 Å². The van der Waals surface area contributed by atoms with Crippen LogP contribution in [0.4, 0.5) is 0 Å². The Hall–Kier alpha value is -1.85. The Morgan fingerprint density at radius 2 is 2.05 bits per heavy atom. The molecule has 1 aromatic carbocycles. The van der Waals surface area contributed by atoms with Crippen LogP contribution in [0, 0.1) is 0 Å². The number of ether oxygens (including phenoxy) is 1. The van der Waals surface area contributed by atoms with E-state index in [1.807, 2.05) is 39.9 Å². The number of aromatic nitrogens is 1. The first kappa shape index (κ1) is 13.1. The first-order valence-electron chi connectivity index (χ1n) is 6.82. The van der Waals surface area contributed by atoms with E-state index >= 15 is 0 Å². The van der Waals surface area contributed by atoms with Gasteiger partial charge in [0.15, 0.2) is 0 Å². The van der Waals surface area contributed by atoms with Gasteiger partial charge in [-0.2, -0.15) is 0 Å². The number of carbonyl (C=O) groups excluding carboxylic acids is 1. The highest BCUT2D eigenvalue weighted by Crippen LogP contribution is 2.18. The zero-order valence-corrected chi connectivity index (χ0v) is 11.3. The van der Waals surface area contributed by atoms with Crippen molar-refractivity contribution in [1.29, 1.82) is 0 Å².